The second-order valence-electron chi connectivity index (χ2n) is 3.36. The lowest BCUT2D eigenvalue weighted by Gasteiger charge is -2.10. The van der Waals surface area contributed by atoms with Gasteiger partial charge in [-0.3, -0.25) is 0 Å². The maximum Gasteiger partial charge on any atom is 0.125 e. The van der Waals surface area contributed by atoms with Crippen LogP contribution in [0.5, 0.6) is 5.75 Å². The van der Waals surface area contributed by atoms with Gasteiger partial charge in [-0.05, 0) is 12.5 Å². The van der Waals surface area contributed by atoms with Gasteiger partial charge in [0.15, 0.2) is 0 Å². The summed E-state index contributed by atoms with van der Waals surface area (Å²) in [6, 6.07) is 7.43. The Balaban J connectivity index is 2.35. The Hall–Kier alpha value is -1.06. The summed E-state index contributed by atoms with van der Waals surface area (Å²) in [6.45, 7) is 0.480. The van der Waals surface area contributed by atoms with Gasteiger partial charge < -0.3 is 15.6 Å². The molecule has 3 N–H and O–H groups in total. The molecule has 0 spiro atoms. The molecule has 0 saturated heterocycles. The van der Waals surface area contributed by atoms with Gasteiger partial charge in [0, 0.05) is 11.6 Å². The number of hydrogen-bond donors (Lipinski definition) is 2. The molecule has 1 heterocycles. The summed E-state index contributed by atoms with van der Waals surface area (Å²) in [5.74, 6) is 0.753. The van der Waals surface area contributed by atoms with E-state index in [4.69, 9.17) is 10.5 Å². The molecular weight excluding hydrogens is 166 g/mol. The third kappa shape index (κ3) is 1.66. The third-order valence-corrected chi connectivity index (χ3v) is 2.26. The molecule has 1 aromatic rings. The van der Waals surface area contributed by atoms with E-state index in [9.17, 15) is 5.11 Å². The molecule has 0 bridgehead atoms. The van der Waals surface area contributed by atoms with Crippen molar-refractivity contribution >= 4 is 0 Å². The lowest BCUT2D eigenvalue weighted by molar-refractivity contribution is 0.159. The zero-order valence-electron chi connectivity index (χ0n) is 7.31. The molecular formula is C10H13NO2. The minimum absolute atomic E-state index is 0.0811. The Morgan fingerprint density at radius 1 is 1.38 bits per heavy atom. The summed E-state index contributed by atoms with van der Waals surface area (Å²) in [6.07, 6.45) is 0.0745. The van der Waals surface area contributed by atoms with Gasteiger partial charge in [0.2, 0.25) is 0 Å². The number of aliphatic hydroxyl groups excluding tert-OH is 1. The van der Waals surface area contributed by atoms with E-state index in [0.29, 0.717) is 13.0 Å². The van der Waals surface area contributed by atoms with Crippen LogP contribution in [-0.4, -0.2) is 17.8 Å². The first-order chi connectivity index (χ1) is 6.27. The Kier molecular flexibility index (Phi) is 2.20. The maximum absolute atomic E-state index is 9.75. The van der Waals surface area contributed by atoms with Gasteiger partial charge in [-0.15, -0.1) is 0 Å². The first kappa shape index (κ1) is 8.53. The summed E-state index contributed by atoms with van der Waals surface area (Å²) in [7, 11) is 0. The maximum atomic E-state index is 9.75. The lowest BCUT2D eigenvalue weighted by Crippen LogP contribution is -2.27. The van der Waals surface area contributed by atoms with Crippen LogP contribution in [0.15, 0.2) is 24.3 Å². The second-order valence-corrected chi connectivity index (χ2v) is 3.36. The molecule has 0 aliphatic carbocycles. The third-order valence-electron chi connectivity index (χ3n) is 2.26. The molecule has 3 nitrogen and oxygen atoms in total. The predicted octanol–water partition coefficient (Wildman–Crippen LogP) is 0.830. The van der Waals surface area contributed by atoms with E-state index in [2.05, 4.69) is 0 Å². The SMILES string of the molecule is N[C@@H]1COc2ccccc2[C@H](O)C1. The highest BCUT2D eigenvalue weighted by Gasteiger charge is 2.20. The Morgan fingerprint density at radius 2 is 2.15 bits per heavy atom. The first-order valence-electron chi connectivity index (χ1n) is 4.43. The van der Waals surface area contributed by atoms with E-state index < -0.39 is 6.10 Å². The second kappa shape index (κ2) is 3.36. The molecule has 70 valence electrons. The molecule has 0 saturated carbocycles. The van der Waals surface area contributed by atoms with Crippen molar-refractivity contribution in [1.82, 2.24) is 0 Å². The smallest absolute Gasteiger partial charge is 0.125 e. The molecule has 0 fully saturated rings. The molecule has 0 aromatic heterocycles. The van der Waals surface area contributed by atoms with Crippen LogP contribution in [0.25, 0.3) is 0 Å². The summed E-state index contributed by atoms with van der Waals surface area (Å²) >= 11 is 0. The van der Waals surface area contributed by atoms with Gasteiger partial charge in [-0.2, -0.15) is 0 Å². The Morgan fingerprint density at radius 3 is 3.00 bits per heavy atom. The van der Waals surface area contributed by atoms with Crippen molar-refractivity contribution < 1.29 is 9.84 Å². The molecule has 2 rings (SSSR count). The number of fused-ring (bicyclic) bond motifs is 1. The van der Waals surface area contributed by atoms with Crippen LogP contribution in [-0.2, 0) is 0 Å². The van der Waals surface area contributed by atoms with Gasteiger partial charge in [0.05, 0.1) is 6.10 Å². The van der Waals surface area contributed by atoms with Crippen LogP contribution in [0.1, 0.15) is 18.1 Å². The standard InChI is InChI=1S/C10H13NO2/c11-7-5-9(12)8-3-1-2-4-10(8)13-6-7/h1-4,7,9,12H,5-6,11H2/t7-,9+/m0/s1. The molecule has 1 aliphatic rings. The summed E-state index contributed by atoms with van der Waals surface area (Å²) in [4.78, 5) is 0. The van der Waals surface area contributed by atoms with E-state index in [1.807, 2.05) is 24.3 Å². The highest BCUT2D eigenvalue weighted by atomic mass is 16.5. The lowest BCUT2D eigenvalue weighted by atomic mass is 10.0. The van der Waals surface area contributed by atoms with E-state index in [0.717, 1.165) is 11.3 Å². The fraction of sp³-hybridized carbons (Fsp3) is 0.400. The van der Waals surface area contributed by atoms with E-state index in [1.165, 1.54) is 0 Å². The van der Waals surface area contributed by atoms with Crippen molar-refractivity contribution in [3.63, 3.8) is 0 Å². The van der Waals surface area contributed by atoms with Crippen molar-refractivity contribution in [2.45, 2.75) is 18.6 Å². The largest absolute Gasteiger partial charge is 0.492 e. The predicted molar refractivity (Wildman–Crippen MR) is 49.5 cm³/mol. The van der Waals surface area contributed by atoms with Crippen LogP contribution in [0.4, 0.5) is 0 Å². The number of nitrogens with two attached hydrogens (primary N) is 1. The topological polar surface area (TPSA) is 55.5 Å². The van der Waals surface area contributed by atoms with E-state index in [1.54, 1.807) is 0 Å². The number of ether oxygens (including phenoxy) is 1. The van der Waals surface area contributed by atoms with Crippen LogP contribution < -0.4 is 10.5 Å². The molecule has 1 aromatic carbocycles. The van der Waals surface area contributed by atoms with Crippen molar-refractivity contribution in [2.24, 2.45) is 5.73 Å². The molecule has 2 atom stereocenters. The van der Waals surface area contributed by atoms with Crippen LogP contribution in [0, 0.1) is 0 Å². The van der Waals surface area contributed by atoms with Gasteiger partial charge in [0.1, 0.15) is 12.4 Å². The number of hydrogen-bond acceptors (Lipinski definition) is 3. The zero-order chi connectivity index (χ0) is 9.26. The molecule has 0 amide bonds. The molecule has 0 radical (unpaired) electrons. The normalized spacial score (nSPS) is 27.2. The summed E-state index contributed by atoms with van der Waals surface area (Å²) < 4.78 is 5.45. The molecule has 1 aliphatic heterocycles. The monoisotopic (exact) mass is 179 g/mol. The van der Waals surface area contributed by atoms with Crippen LogP contribution in [0.3, 0.4) is 0 Å². The summed E-state index contributed by atoms with van der Waals surface area (Å²) in [5.41, 5.74) is 6.56. The highest BCUT2D eigenvalue weighted by molar-refractivity contribution is 5.35. The van der Waals surface area contributed by atoms with Crippen molar-refractivity contribution in [2.75, 3.05) is 6.61 Å². The van der Waals surface area contributed by atoms with Crippen LogP contribution in [0.2, 0.25) is 0 Å². The van der Waals surface area contributed by atoms with Gasteiger partial charge in [-0.25, -0.2) is 0 Å². The molecule has 3 heteroatoms. The quantitative estimate of drug-likeness (QED) is 0.620. The zero-order valence-corrected chi connectivity index (χ0v) is 7.31. The fourth-order valence-corrected chi connectivity index (χ4v) is 1.57. The van der Waals surface area contributed by atoms with Gasteiger partial charge >= 0.3 is 0 Å². The average Bonchev–Trinajstić information content (AvgIpc) is 2.27. The molecule has 13 heavy (non-hydrogen) atoms. The Bertz CT molecular complexity index is 301. The van der Waals surface area contributed by atoms with Crippen molar-refractivity contribution in [1.29, 1.82) is 0 Å². The van der Waals surface area contributed by atoms with Crippen molar-refractivity contribution in [3.8, 4) is 5.75 Å². The number of para-hydroxylation sites is 1. The van der Waals surface area contributed by atoms with E-state index >= 15 is 0 Å². The van der Waals surface area contributed by atoms with Crippen molar-refractivity contribution in [3.05, 3.63) is 29.8 Å². The van der Waals surface area contributed by atoms with Gasteiger partial charge in [0.25, 0.3) is 0 Å². The molecule has 0 unspecified atom stereocenters. The first-order valence-corrected chi connectivity index (χ1v) is 4.43. The average molecular weight is 179 g/mol. The van der Waals surface area contributed by atoms with E-state index in [-0.39, 0.29) is 6.04 Å². The highest BCUT2D eigenvalue weighted by Crippen LogP contribution is 2.30. The minimum atomic E-state index is -0.492. The van der Waals surface area contributed by atoms with Gasteiger partial charge in [-0.1, -0.05) is 18.2 Å². The fourth-order valence-electron chi connectivity index (χ4n) is 1.57. The number of benzene rings is 1. The minimum Gasteiger partial charge on any atom is -0.492 e. The summed E-state index contributed by atoms with van der Waals surface area (Å²) in [5, 5.41) is 9.75. The number of rotatable bonds is 0. The Labute approximate surface area is 77.1 Å². The number of aliphatic hydroxyl groups is 1. The van der Waals surface area contributed by atoms with Crippen LogP contribution >= 0.6 is 0 Å².